The van der Waals surface area contributed by atoms with E-state index in [2.05, 4.69) is 26.2 Å². The largest absolute Gasteiger partial charge is 0.508 e. The zero-order valence-corrected chi connectivity index (χ0v) is 29.7. The number of imide groups is 1. The number of anilines is 2. The van der Waals surface area contributed by atoms with Crippen molar-refractivity contribution in [1.29, 1.82) is 0 Å². The van der Waals surface area contributed by atoms with Crippen LogP contribution >= 0.6 is 39.0 Å². The second kappa shape index (κ2) is 12.7. The lowest BCUT2D eigenvalue weighted by molar-refractivity contribution is -0.123. The number of carbonyl (C=O) groups excluding carboxylic acids is 4. The number of rotatable bonds is 8. The summed E-state index contributed by atoms with van der Waals surface area (Å²) in [5, 5.41) is 13.0. The summed E-state index contributed by atoms with van der Waals surface area (Å²) in [5.41, 5.74) is 2.06. The first-order valence-electron chi connectivity index (χ1n) is 16.2. The van der Waals surface area contributed by atoms with Crippen molar-refractivity contribution >= 4 is 74.1 Å². The average molecular weight is 777 g/mol. The molecule has 2 aliphatic carbocycles. The predicted octanol–water partition coefficient (Wildman–Crippen LogP) is 5.78. The van der Waals surface area contributed by atoms with E-state index in [-0.39, 0.29) is 70.5 Å². The summed E-state index contributed by atoms with van der Waals surface area (Å²) < 4.78 is 12.0. The van der Waals surface area contributed by atoms with Crippen LogP contribution in [0.2, 0.25) is 0 Å². The zero-order valence-electron chi connectivity index (χ0n) is 26.5. The molecule has 8 rings (SSSR count). The van der Waals surface area contributed by atoms with Gasteiger partial charge in [-0.15, -0.1) is 11.8 Å². The Balaban J connectivity index is 1.11. The van der Waals surface area contributed by atoms with E-state index < -0.39 is 17.8 Å². The Hall–Kier alpha value is -4.40. The fourth-order valence-corrected chi connectivity index (χ4v) is 11.6. The number of hydrogen-bond donors (Lipinski definition) is 3. The van der Waals surface area contributed by atoms with E-state index in [0.717, 1.165) is 31.3 Å². The molecule has 3 aromatic carbocycles. The van der Waals surface area contributed by atoms with Gasteiger partial charge in [-0.2, -0.15) is 0 Å². The Bertz CT molecular complexity index is 2100. The number of halogens is 1. The topological polar surface area (TPSA) is 155 Å². The Morgan fingerprint density at radius 3 is 2.44 bits per heavy atom. The summed E-state index contributed by atoms with van der Waals surface area (Å²) >= 11 is 6.34. The van der Waals surface area contributed by atoms with Gasteiger partial charge in [0.1, 0.15) is 11.5 Å². The van der Waals surface area contributed by atoms with E-state index in [4.69, 9.17) is 9.47 Å². The van der Waals surface area contributed by atoms with Crippen LogP contribution in [0.3, 0.4) is 0 Å². The highest BCUT2D eigenvalue weighted by Gasteiger charge is 2.70. The van der Waals surface area contributed by atoms with Gasteiger partial charge in [0.2, 0.25) is 11.8 Å². The Morgan fingerprint density at radius 1 is 1.00 bits per heavy atom. The van der Waals surface area contributed by atoms with Gasteiger partial charge in [0, 0.05) is 31.8 Å². The lowest BCUT2D eigenvalue weighted by atomic mass is 9.68. The van der Waals surface area contributed by atoms with Crippen LogP contribution in [0.15, 0.2) is 81.0 Å². The number of ether oxygens (including phenoxy) is 2. The normalized spacial score (nSPS) is 26.0. The number of aromatic hydroxyl groups is 1. The molecule has 2 saturated carbocycles. The van der Waals surface area contributed by atoms with E-state index >= 15 is 0 Å². The molecule has 1 aromatic heterocycles. The standard InChI is InChI=1S/C36H30BrN3O8S2/c1-2-47-35(45)16-3-8-19(9-4-16)40-33(43)28-22-14-23(29(28)34(40)44)30-27(22)26(31-32(49-30)39-36(46)50-31)21-13-17(37)5-12-24(21)48-15-25(42)38-18-6-10-20(41)11-7-18/h3-13,22-23,26-30,41H,2,14-15H2,1H3,(H,38,42)(H,39,46)/t22-,23-,26+,27-,28+,29+,30-/m1/s1. The lowest BCUT2D eigenvalue weighted by Crippen LogP contribution is -2.42. The van der Waals surface area contributed by atoms with Gasteiger partial charge >= 0.3 is 10.8 Å². The van der Waals surface area contributed by atoms with E-state index in [0.29, 0.717) is 29.1 Å². The highest BCUT2D eigenvalue weighted by Crippen LogP contribution is 2.69. The second-order valence-electron chi connectivity index (χ2n) is 12.8. The quantitative estimate of drug-likeness (QED) is 0.115. The molecule has 2 bridgehead atoms. The Labute approximate surface area is 302 Å². The summed E-state index contributed by atoms with van der Waals surface area (Å²) in [6, 6.07) is 18.0. The van der Waals surface area contributed by atoms with Crippen molar-refractivity contribution in [2.45, 2.75) is 29.5 Å². The maximum atomic E-state index is 14.2. The number of amides is 3. The number of carbonyl (C=O) groups is 4. The summed E-state index contributed by atoms with van der Waals surface area (Å²) in [5.74, 6) is -2.43. The number of thiazole rings is 1. The van der Waals surface area contributed by atoms with Gasteiger partial charge in [0.25, 0.3) is 5.91 Å². The third-order valence-electron chi connectivity index (χ3n) is 10.2. The minimum absolute atomic E-state index is 0.0449. The molecule has 7 atom stereocenters. The van der Waals surface area contributed by atoms with Crippen LogP contribution in [0.5, 0.6) is 11.5 Å². The minimum atomic E-state index is -0.522. The number of phenols is 1. The fraction of sp³-hybridized carbons (Fsp3) is 0.306. The van der Waals surface area contributed by atoms with Gasteiger partial charge in [-0.05, 0) is 97.8 Å². The SMILES string of the molecule is CCOC(=O)c1ccc(N2C(=O)[C@H]3[C@H]4C[C@@H]([C@@H]3C2=O)[C@@H]2[C@H](c3cc(Br)ccc3OCC(=O)Nc3ccc(O)cc3)c3sc(=O)[nH]c3S[C@H]42)cc1. The van der Waals surface area contributed by atoms with Crippen LogP contribution < -0.4 is 19.8 Å². The number of fused-ring (bicyclic) bond motifs is 9. The number of nitrogens with zero attached hydrogens (tertiary/aromatic N) is 1. The highest BCUT2D eigenvalue weighted by atomic mass is 79.9. The molecule has 256 valence electrons. The smallest absolute Gasteiger partial charge is 0.338 e. The van der Waals surface area contributed by atoms with Crippen molar-refractivity contribution in [1.82, 2.24) is 4.98 Å². The molecular weight excluding hydrogens is 746 g/mol. The Morgan fingerprint density at radius 2 is 1.72 bits per heavy atom. The van der Waals surface area contributed by atoms with Crippen LogP contribution in [0, 0.1) is 29.6 Å². The first-order valence-corrected chi connectivity index (χ1v) is 18.7. The molecule has 50 heavy (non-hydrogen) atoms. The molecule has 3 N–H and O–H groups in total. The number of H-pyrrole nitrogens is 1. The fourth-order valence-electron chi connectivity index (χ4n) is 8.36. The molecule has 3 fully saturated rings. The van der Waals surface area contributed by atoms with Crippen molar-refractivity contribution in [3.05, 3.63) is 96.9 Å². The van der Waals surface area contributed by atoms with Crippen molar-refractivity contribution in [3.8, 4) is 11.5 Å². The summed E-state index contributed by atoms with van der Waals surface area (Å²) in [4.78, 5) is 71.1. The number of esters is 1. The summed E-state index contributed by atoms with van der Waals surface area (Å²) in [6.07, 6.45) is 0.708. The Kier molecular flexibility index (Phi) is 8.35. The number of benzene rings is 3. The third kappa shape index (κ3) is 5.44. The maximum Gasteiger partial charge on any atom is 0.338 e. The van der Waals surface area contributed by atoms with Gasteiger partial charge in [-0.3, -0.25) is 24.1 Å². The van der Waals surface area contributed by atoms with Crippen LogP contribution in [-0.2, 0) is 19.1 Å². The number of aromatic amines is 1. The molecule has 2 aliphatic heterocycles. The number of hydrogen-bond acceptors (Lipinski definition) is 10. The molecule has 0 unspecified atom stereocenters. The molecular formula is C36H30BrN3O8S2. The first-order chi connectivity index (χ1) is 24.1. The summed E-state index contributed by atoms with van der Waals surface area (Å²) in [7, 11) is 0. The molecule has 3 heterocycles. The minimum Gasteiger partial charge on any atom is -0.508 e. The monoisotopic (exact) mass is 775 g/mol. The number of aromatic nitrogens is 1. The lowest BCUT2D eigenvalue weighted by Gasteiger charge is -2.43. The molecule has 14 heteroatoms. The number of nitrogens with one attached hydrogen (secondary N) is 2. The first kappa shape index (κ1) is 32.8. The van der Waals surface area contributed by atoms with Crippen molar-refractivity contribution < 1.29 is 33.8 Å². The average Bonchev–Trinajstić information content (AvgIpc) is 3.84. The second-order valence-corrected chi connectivity index (χ2v) is 15.9. The predicted molar refractivity (Wildman–Crippen MR) is 190 cm³/mol. The molecule has 0 radical (unpaired) electrons. The van der Waals surface area contributed by atoms with Crippen molar-refractivity contribution in [3.63, 3.8) is 0 Å². The van der Waals surface area contributed by atoms with E-state index in [1.165, 1.54) is 17.0 Å². The van der Waals surface area contributed by atoms with Gasteiger partial charge < -0.3 is 24.9 Å². The van der Waals surface area contributed by atoms with Crippen molar-refractivity contribution in [2.75, 3.05) is 23.4 Å². The van der Waals surface area contributed by atoms with Gasteiger partial charge in [0.05, 0.1) is 34.7 Å². The van der Waals surface area contributed by atoms with E-state index in [1.807, 2.05) is 12.1 Å². The molecule has 4 aromatic rings. The molecule has 11 nitrogen and oxygen atoms in total. The van der Waals surface area contributed by atoms with Crippen LogP contribution in [0.1, 0.15) is 40.1 Å². The van der Waals surface area contributed by atoms with Gasteiger partial charge in [-0.25, -0.2) is 4.79 Å². The van der Waals surface area contributed by atoms with Crippen LogP contribution in [-0.4, -0.2) is 52.2 Å². The van der Waals surface area contributed by atoms with E-state index in [9.17, 15) is 29.1 Å². The molecule has 3 amide bonds. The number of thioether (sulfide) groups is 1. The molecule has 0 spiro atoms. The maximum absolute atomic E-state index is 14.2. The van der Waals surface area contributed by atoms with Crippen LogP contribution in [0.25, 0.3) is 0 Å². The third-order valence-corrected chi connectivity index (χ3v) is 13.3. The molecule has 4 aliphatic rings. The highest BCUT2D eigenvalue weighted by molar-refractivity contribution is 9.10. The van der Waals surface area contributed by atoms with E-state index in [1.54, 1.807) is 61.2 Å². The van der Waals surface area contributed by atoms with Crippen molar-refractivity contribution in [2.24, 2.45) is 29.6 Å². The zero-order chi connectivity index (χ0) is 34.8. The summed E-state index contributed by atoms with van der Waals surface area (Å²) in [6.45, 7) is 1.68. The molecule has 1 saturated heterocycles. The van der Waals surface area contributed by atoms with Gasteiger partial charge in [-0.1, -0.05) is 27.3 Å². The number of phenolic OH excluding ortho intramolecular Hbond substituents is 1. The van der Waals surface area contributed by atoms with Gasteiger partial charge in [0.15, 0.2) is 6.61 Å². The van der Waals surface area contributed by atoms with Crippen LogP contribution in [0.4, 0.5) is 11.4 Å².